The van der Waals surface area contributed by atoms with Gasteiger partial charge >= 0.3 is 0 Å². The summed E-state index contributed by atoms with van der Waals surface area (Å²) in [4.78, 5) is 17.1. The van der Waals surface area contributed by atoms with Crippen LogP contribution in [0, 0.1) is 0 Å². The van der Waals surface area contributed by atoms with Crippen molar-refractivity contribution in [3.8, 4) is 22.6 Å². The summed E-state index contributed by atoms with van der Waals surface area (Å²) in [7, 11) is -1.93. The average Bonchev–Trinajstić information content (AvgIpc) is 3.32. The van der Waals surface area contributed by atoms with Crippen LogP contribution < -0.4 is 10.0 Å². The van der Waals surface area contributed by atoms with Crippen LogP contribution in [-0.2, 0) is 33.5 Å². The van der Waals surface area contributed by atoms with Crippen molar-refractivity contribution in [2.45, 2.75) is 25.1 Å². The van der Waals surface area contributed by atoms with Crippen LogP contribution in [0.4, 0.5) is 0 Å². The third kappa shape index (κ3) is 6.65. The van der Waals surface area contributed by atoms with E-state index in [0.717, 1.165) is 22.4 Å². The van der Waals surface area contributed by atoms with Gasteiger partial charge in [-0.05, 0) is 18.2 Å². The van der Waals surface area contributed by atoms with Crippen molar-refractivity contribution >= 4 is 15.9 Å². The average molecular weight is 490 g/mol. The Kier molecular flexibility index (Phi) is 7.74. The molecule has 0 aliphatic carbocycles. The van der Waals surface area contributed by atoms with E-state index >= 15 is 0 Å². The molecule has 8 heteroatoms. The fraction of sp³-hybridized carbons (Fsp3) is 0.185. The van der Waals surface area contributed by atoms with Crippen molar-refractivity contribution in [3.63, 3.8) is 0 Å². The number of nitrogens with one attached hydrogen (secondary N) is 2. The van der Waals surface area contributed by atoms with Gasteiger partial charge in [-0.15, -0.1) is 0 Å². The molecule has 2 N–H and O–H groups in total. The Morgan fingerprint density at radius 3 is 2.09 bits per heavy atom. The molecule has 180 valence electrons. The molecule has 0 saturated carbocycles. The topological polar surface area (TPSA) is 101 Å². The first-order chi connectivity index (χ1) is 16.9. The van der Waals surface area contributed by atoms with Crippen LogP contribution in [0.25, 0.3) is 22.6 Å². The van der Waals surface area contributed by atoms with E-state index in [1.165, 1.54) is 7.05 Å². The number of rotatable bonds is 10. The van der Waals surface area contributed by atoms with E-state index in [9.17, 15) is 13.2 Å². The maximum atomic E-state index is 12.4. The van der Waals surface area contributed by atoms with Crippen LogP contribution in [0.1, 0.15) is 23.4 Å². The Morgan fingerprint density at radius 1 is 0.857 bits per heavy atom. The number of nitrogens with zero attached hydrogens (tertiary/aromatic N) is 1. The largest absolute Gasteiger partial charge is 0.440 e. The highest BCUT2D eigenvalue weighted by Crippen LogP contribution is 2.32. The third-order valence-corrected chi connectivity index (χ3v) is 6.84. The molecule has 35 heavy (non-hydrogen) atoms. The first-order valence-electron chi connectivity index (χ1n) is 11.3. The van der Waals surface area contributed by atoms with Gasteiger partial charge in [-0.3, -0.25) is 4.79 Å². The maximum absolute atomic E-state index is 12.4. The number of benzene rings is 3. The Bertz CT molecular complexity index is 1310. The molecule has 0 aliphatic rings. The summed E-state index contributed by atoms with van der Waals surface area (Å²) in [5.41, 5.74) is 4.21. The highest BCUT2D eigenvalue weighted by atomic mass is 32.2. The lowest BCUT2D eigenvalue weighted by Gasteiger charge is -2.07. The van der Waals surface area contributed by atoms with Gasteiger partial charge in [0.1, 0.15) is 5.69 Å². The minimum atomic E-state index is -3.32. The van der Waals surface area contributed by atoms with Gasteiger partial charge in [-0.25, -0.2) is 18.1 Å². The molecule has 1 amide bonds. The quantitative estimate of drug-likeness (QED) is 0.346. The van der Waals surface area contributed by atoms with E-state index in [1.54, 1.807) is 12.1 Å². The first kappa shape index (κ1) is 24.4. The molecule has 7 nitrogen and oxygen atoms in total. The van der Waals surface area contributed by atoms with Crippen molar-refractivity contribution in [2.24, 2.45) is 0 Å². The Balaban J connectivity index is 1.37. The molecule has 4 aromatic rings. The minimum absolute atomic E-state index is 0.0811. The van der Waals surface area contributed by atoms with E-state index in [-0.39, 0.29) is 18.1 Å². The zero-order valence-corrected chi connectivity index (χ0v) is 20.2. The molecule has 1 heterocycles. The molecule has 3 aromatic carbocycles. The van der Waals surface area contributed by atoms with Crippen LogP contribution in [0.15, 0.2) is 89.3 Å². The fourth-order valence-corrected chi connectivity index (χ4v) is 4.38. The number of carbonyl (C=O) groups is 1. The molecular weight excluding hydrogens is 462 g/mol. The van der Waals surface area contributed by atoms with Gasteiger partial charge in [0.2, 0.25) is 15.9 Å². The lowest BCUT2D eigenvalue weighted by atomic mass is 10.1. The molecule has 0 spiro atoms. The smallest absolute Gasteiger partial charge is 0.220 e. The molecule has 0 radical (unpaired) electrons. The molecule has 0 atom stereocenters. The second-order valence-electron chi connectivity index (χ2n) is 8.07. The number of hydrogen-bond donors (Lipinski definition) is 2. The van der Waals surface area contributed by atoms with Crippen LogP contribution in [0.5, 0.6) is 0 Å². The molecule has 0 unspecified atom stereocenters. The molecule has 1 aromatic heterocycles. The van der Waals surface area contributed by atoms with Crippen molar-refractivity contribution < 1.29 is 17.6 Å². The SMILES string of the molecule is CNS(=O)(=O)Cc1ccc(CNC(=O)CCc2nc(-c3ccccc3)c(-c3ccccc3)o2)cc1. The molecule has 0 saturated heterocycles. The zero-order valence-electron chi connectivity index (χ0n) is 19.4. The van der Waals surface area contributed by atoms with Gasteiger partial charge in [-0.1, -0.05) is 84.9 Å². The number of sulfonamides is 1. The molecule has 0 bridgehead atoms. The predicted octanol–water partition coefficient (Wildman–Crippen LogP) is 4.31. The van der Waals surface area contributed by atoms with Crippen molar-refractivity contribution in [3.05, 3.63) is 102 Å². The van der Waals surface area contributed by atoms with Crippen molar-refractivity contribution in [2.75, 3.05) is 7.05 Å². The van der Waals surface area contributed by atoms with Crippen molar-refractivity contribution in [1.29, 1.82) is 0 Å². The summed E-state index contributed by atoms with van der Waals surface area (Å²) < 4.78 is 31.7. The van der Waals surface area contributed by atoms with Gasteiger partial charge < -0.3 is 9.73 Å². The summed E-state index contributed by atoms with van der Waals surface area (Å²) in [6.07, 6.45) is 0.612. The van der Waals surface area contributed by atoms with Crippen LogP contribution in [0.3, 0.4) is 0 Å². The Hall–Kier alpha value is -3.75. The summed E-state index contributed by atoms with van der Waals surface area (Å²) in [6.45, 7) is 0.355. The van der Waals surface area contributed by atoms with Crippen LogP contribution >= 0.6 is 0 Å². The standard InChI is InChI=1S/C27H27N3O4S/c1-28-35(32,33)19-21-14-12-20(13-15-21)18-29-24(31)16-17-25-30-26(22-8-4-2-5-9-22)27(34-25)23-10-6-3-7-11-23/h2-15,28H,16-19H2,1H3,(H,29,31). The molecule has 4 rings (SSSR count). The van der Waals surface area contributed by atoms with Gasteiger partial charge in [0.15, 0.2) is 11.7 Å². The highest BCUT2D eigenvalue weighted by molar-refractivity contribution is 7.88. The Labute approximate surface area is 205 Å². The monoisotopic (exact) mass is 489 g/mol. The molecule has 0 aliphatic heterocycles. The predicted molar refractivity (Wildman–Crippen MR) is 136 cm³/mol. The van der Waals surface area contributed by atoms with Gasteiger partial charge in [0.25, 0.3) is 0 Å². The molecular formula is C27H27N3O4S. The van der Waals surface area contributed by atoms with Gasteiger partial charge in [-0.2, -0.15) is 0 Å². The number of aryl methyl sites for hydroxylation is 1. The number of amides is 1. The van der Waals surface area contributed by atoms with Gasteiger partial charge in [0.05, 0.1) is 5.75 Å². The van der Waals surface area contributed by atoms with Gasteiger partial charge in [0, 0.05) is 30.5 Å². The number of hydrogen-bond acceptors (Lipinski definition) is 5. The van der Waals surface area contributed by atoms with E-state index < -0.39 is 10.0 Å². The van der Waals surface area contributed by atoms with Crippen LogP contribution in [0.2, 0.25) is 0 Å². The lowest BCUT2D eigenvalue weighted by molar-refractivity contribution is -0.121. The second-order valence-corrected chi connectivity index (χ2v) is 10.0. The number of oxazole rings is 1. The summed E-state index contributed by atoms with van der Waals surface area (Å²) in [5, 5.41) is 2.89. The fourth-order valence-electron chi connectivity index (χ4n) is 3.60. The first-order valence-corrected chi connectivity index (χ1v) is 12.9. The van der Waals surface area contributed by atoms with Crippen LogP contribution in [-0.4, -0.2) is 26.4 Å². The highest BCUT2D eigenvalue weighted by Gasteiger charge is 2.17. The minimum Gasteiger partial charge on any atom is -0.440 e. The summed E-state index contributed by atoms with van der Waals surface area (Å²) in [5.74, 6) is 0.996. The van der Waals surface area contributed by atoms with E-state index in [2.05, 4.69) is 10.0 Å². The summed E-state index contributed by atoms with van der Waals surface area (Å²) >= 11 is 0. The number of aromatic nitrogens is 1. The zero-order chi connectivity index (χ0) is 24.7. The normalized spacial score (nSPS) is 11.3. The van der Waals surface area contributed by atoms with E-state index in [4.69, 9.17) is 9.40 Å². The van der Waals surface area contributed by atoms with E-state index in [1.807, 2.05) is 72.8 Å². The number of carbonyl (C=O) groups excluding carboxylic acids is 1. The van der Waals surface area contributed by atoms with Crippen molar-refractivity contribution in [1.82, 2.24) is 15.0 Å². The lowest BCUT2D eigenvalue weighted by Crippen LogP contribution is -2.23. The van der Waals surface area contributed by atoms with E-state index in [0.29, 0.717) is 30.2 Å². The Morgan fingerprint density at radius 2 is 1.46 bits per heavy atom. The third-order valence-electron chi connectivity index (χ3n) is 5.50. The molecule has 0 fully saturated rings. The summed E-state index contributed by atoms with van der Waals surface area (Å²) in [6, 6.07) is 26.8. The maximum Gasteiger partial charge on any atom is 0.220 e. The second kappa shape index (κ2) is 11.1.